The fraction of sp³-hybridized carbons (Fsp3) is 0.588. The van der Waals surface area contributed by atoms with Gasteiger partial charge in [0.05, 0.1) is 24.8 Å². The van der Waals surface area contributed by atoms with Crippen LogP contribution in [0.2, 0.25) is 0 Å². The predicted octanol–water partition coefficient (Wildman–Crippen LogP) is 3.88. The first-order valence-electron chi connectivity index (χ1n) is 8.07. The summed E-state index contributed by atoms with van der Waals surface area (Å²) in [7, 11) is 0. The highest BCUT2D eigenvalue weighted by molar-refractivity contribution is 8.93. The van der Waals surface area contributed by atoms with Gasteiger partial charge in [-0.05, 0) is 30.4 Å². The lowest BCUT2D eigenvalue weighted by Crippen LogP contribution is -2.36. The minimum Gasteiger partial charge on any atom is -0.372 e. The van der Waals surface area contributed by atoms with Crippen molar-refractivity contribution in [2.24, 2.45) is 4.99 Å². The molecule has 2 aliphatic heterocycles. The number of nitrogens with zero attached hydrogens (tertiary/aromatic N) is 1. The maximum Gasteiger partial charge on any atom is 0.157 e. The highest BCUT2D eigenvalue weighted by Gasteiger charge is 2.31. The third-order valence-corrected chi connectivity index (χ3v) is 5.75. The molecule has 2 heterocycles. The lowest BCUT2D eigenvalue weighted by Gasteiger charge is -2.26. The molecule has 3 unspecified atom stereocenters. The van der Waals surface area contributed by atoms with Crippen molar-refractivity contribution in [3.05, 3.63) is 35.4 Å². The minimum absolute atomic E-state index is 0. The normalized spacial score (nSPS) is 29.6. The van der Waals surface area contributed by atoms with Crippen LogP contribution in [0, 0.1) is 0 Å². The monoisotopic (exact) mass is 382 g/mol. The van der Waals surface area contributed by atoms with Gasteiger partial charge in [0.2, 0.25) is 0 Å². The van der Waals surface area contributed by atoms with Crippen molar-refractivity contribution in [2.75, 3.05) is 12.4 Å². The number of halogens is 1. The van der Waals surface area contributed by atoms with Crippen molar-refractivity contribution in [2.45, 2.75) is 50.3 Å². The molecule has 0 amide bonds. The fourth-order valence-corrected chi connectivity index (χ4v) is 4.66. The molecule has 1 N–H and O–H groups in total. The SMILES string of the molecule is Br.c1ccc2c(c1)CCOC2CSC1=NC2CCCCC2N1. The van der Waals surface area contributed by atoms with Crippen LogP contribution in [0.3, 0.4) is 0 Å². The van der Waals surface area contributed by atoms with Crippen LogP contribution in [0.15, 0.2) is 29.3 Å². The van der Waals surface area contributed by atoms with Crippen LogP contribution >= 0.6 is 28.7 Å². The number of hydrogen-bond donors (Lipinski definition) is 1. The second-order valence-corrected chi connectivity index (χ2v) is 7.16. The van der Waals surface area contributed by atoms with E-state index in [1.54, 1.807) is 0 Å². The van der Waals surface area contributed by atoms with E-state index < -0.39 is 0 Å². The number of ether oxygens (including phenoxy) is 1. The second-order valence-electron chi connectivity index (χ2n) is 6.16. The van der Waals surface area contributed by atoms with E-state index in [1.807, 2.05) is 11.8 Å². The van der Waals surface area contributed by atoms with Crippen LogP contribution < -0.4 is 5.32 Å². The lowest BCUT2D eigenvalue weighted by molar-refractivity contribution is 0.0589. The van der Waals surface area contributed by atoms with Gasteiger partial charge in [-0.2, -0.15) is 0 Å². The molecule has 0 radical (unpaired) electrons. The van der Waals surface area contributed by atoms with E-state index in [4.69, 9.17) is 9.73 Å². The largest absolute Gasteiger partial charge is 0.372 e. The van der Waals surface area contributed by atoms with Crippen LogP contribution in [-0.2, 0) is 11.2 Å². The van der Waals surface area contributed by atoms with Crippen molar-refractivity contribution < 1.29 is 4.74 Å². The molecule has 4 rings (SSSR count). The first-order valence-corrected chi connectivity index (χ1v) is 9.05. The number of aliphatic imine (C=N–C) groups is 1. The quantitative estimate of drug-likeness (QED) is 0.842. The van der Waals surface area contributed by atoms with Crippen LogP contribution in [0.4, 0.5) is 0 Å². The Morgan fingerprint density at radius 1 is 1.23 bits per heavy atom. The van der Waals surface area contributed by atoms with Crippen molar-refractivity contribution in [3.63, 3.8) is 0 Å². The van der Waals surface area contributed by atoms with Crippen LogP contribution in [0.5, 0.6) is 0 Å². The predicted molar refractivity (Wildman–Crippen MR) is 98.2 cm³/mol. The van der Waals surface area contributed by atoms with Gasteiger partial charge in [0.25, 0.3) is 0 Å². The third kappa shape index (κ3) is 3.36. The molecule has 0 saturated heterocycles. The Morgan fingerprint density at radius 3 is 3.00 bits per heavy atom. The minimum atomic E-state index is 0. The van der Waals surface area contributed by atoms with Gasteiger partial charge in [-0.3, -0.25) is 4.99 Å². The first-order chi connectivity index (χ1) is 10.4. The average Bonchev–Trinajstić information content (AvgIpc) is 2.96. The molecule has 5 heteroatoms. The maximum atomic E-state index is 5.98. The zero-order valence-corrected chi connectivity index (χ0v) is 15.2. The van der Waals surface area contributed by atoms with E-state index in [0.29, 0.717) is 12.1 Å². The summed E-state index contributed by atoms with van der Waals surface area (Å²) in [6.07, 6.45) is 6.48. The van der Waals surface area contributed by atoms with Gasteiger partial charge in [0.1, 0.15) is 0 Å². The number of rotatable bonds is 2. The number of benzene rings is 1. The Bertz CT molecular complexity index is 551. The van der Waals surface area contributed by atoms with Gasteiger partial charge < -0.3 is 10.1 Å². The van der Waals surface area contributed by atoms with Gasteiger partial charge in [-0.25, -0.2) is 0 Å². The Hall–Kier alpha value is -0.520. The summed E-state index contributed by atoms with van der Waals surface area (Å²) in [6, 6.07) is 9.81. The van der Waals surface area contributed by atoms with Crippen molar-refractivity contribution in [1.29, 1.82) is 0 Å². The maximum absolute atomic E-state index is 5.98. The number of nitrogens with one attached hydrogen (secondary N) is 1. The Labute approximate surface area is 147 Å². The molecule has 1 fully saturated rings. The number of fused-ring (bicyclic) bond motifs is 2. The topological polar surface area (TPSA) is 33.6 Å². The van der Waals surface area contributed by atoms with Gasteiger partial charge in [0, 0.05) is 5.75 Å². The van der Waals surface area contributed by atoms with Crippen LogP contribution in [0.25, 0.3) is 0 Å². The smallest absolute Gasteiger partial charge is 0.157 e. The standard InChI is InChI=1S/C17H22N2OS.BrH/c1-2-6-13-12(5-1)9-10-20-16(13)11-21-17-18-14-7-3-4-8-15(14)19-17;/h1-2,5-6,14-16H,3-4,7-11H2,(H,18,19);1H. The molecular formula is C17H23BrN2OS. The lowest BCUT2D eigenvalue weighted by atomic mass is 9.92. The molecule has 3 nitrogen and oxygen atoms in total. The molecule has 1 aromatic carbocycles. The Kier molecular flexibility index (Phi) is 5.47. The molecule has 0 spiro atoms. The fourth-order valence-electron chi connectivity index (χ4n) is 3.63. The highest BCUT2D eigenvalue weighted by Crippen LogP contribution is 2.32. The average molecular weight is 383 g/mol. The molecule has 0 bridgehead atoms. The molecule has 1 saturated carbocycles. The van der Waals surface area contributed by atoms with Crippen molar-refractivity contribution in [3.8, 4) is 0 Å². The molecule has 0 aromatic heterocycles. The summed E-state index contributed by atoms with van der Waals surface area (Å²) in [5, 5.41) is 4.75. The van der Waals surface area contributed by atoms with Crippen LogP contribution in [0.1, 0.15) is 42.9 Å². The number of thioether (sulfide) groups is 1. The van der Waals surface area contributed by atoms with Crippen LogP contribution in [-0.4, -0.2) is 29.6 Å². The molecule has 3 aliphatic rings. The van der Waals surface area contributed by atoms with E-state index in [-0.39, 0.29) is 23.1 Å². The van der Waals surface area contributed by atoms with E-state index in [2.05, 4.69) is 29.6 Å². The number of amidine groups is 1. The first kappa shape index (κ1) is 16.3. The number of hydrogen-bond acceptors (Lipinski definition) is 4. The molecule has 22 heavy (non-hydrogen) atoms. The summed E-state index contributed by atoms with van der Waals surface area (Å²) in [5.41, 5.74) is 2.82. The zero-order valence-electron chi connectivity index (χ0n) is 12.7. The van der Waals surface area contributed by atoms with Crippen molar-refractivity contribution in [1.82, 2.24) is 5.32 Å². The van der Waals surface area contributed by atoms with Gasteiger partial charge in [0.15, 0.2) is 5.17 Å². The second kappa shape index (κ2) is 7.37. The third-order valence-electron chi connectivity index (χ3n) is 4.79. The van der Waals surface area contributed by atoms with Crippen molar-refractivity contribution >= 4 is 33.9 Å². The summed E-state index contributed by atoms with van der Waals surface area (Å²) in [5.74, 6) is 0.961. The Balaban J connectivity index is 0.00000144. The van der Waals surface area contributed by atoms with E-state index in [9.17, 15) is 0 Å². The summed E-state index contributed by atoms with van der Waals surface area (Å²) < 4.78 is 5.98. The summed E-state index contributed by atoms with van der Waals surface area (Å²) in [4.78, 5) is 4.86. The molecule has 120 valence electrons. The molecule has 1 aliphatic carbocycles. The molecule has 1 aromatic rings. The van der Waals surface area contributed by atoms with Gasteiger partial charge in [-0.1, -0.05) is 48.9 Å². The zero-order chi connectivity index (χ0) is 14.1. The van der Waals surface area contributed by atoms with Gasteiger partial charge in [-0.15, -0.1) is 17.0 Å². The molecule has 3 atom stereocenters. The van der Waals surface area contributed by atoms with Gasteiger partial charge >= 0.3 is 0 Å². The van der Waals surface area contributed by atoms with E-state index in [0.717, 1.165) is 23.9 Å². The van der Waals surface area contributed by atoms with E-state index in [1.165, 1.54) is 36.8 Å². The Morgan fingerprint density at radius 2 is 2.09 bits per heavy atom. The molecular weight excluding hydrogens is 360 g/mol. The highest BCUT2D eigenvalue weighted by atomic mass is 79.9. The summed E-state index contributed by atoms with van der Waals surface area (Å²) in [6.45, 7) is 0.841. The summed E-state index contributed by atoms with van der Waals surface area (Å²) >= 11 is 1.83. The van der Waals surface area contributed by atoms with E-state index >= 15 is 0 Å².